The summed E-state index contributed by atoms with van der Waals surface area (Å²) in [6, 6.07) is 15.4. The van der Waals surface area contributed by atoms with Gasteiger partial charge < -0.3 is 42.7 Å². The lowest BCUT2D eigenvalue weighted by atomic mass is 9.98. The molecule has 2 aromatic carbocycles. The minimum absolute atomic E-state index is 0.0244. The van der Waals surface area contributed by atoms with Crippen molar-refractivity contribution < 1.29 is 62.7 Å². The highest BCUT2D eigenvalue weighted by molar-refractivity contribution is 6.32. The summed E-state index contributed by atoms with van der Waals surface area (Å²) in [6.07, 6.45) is -5.38. The van der Waals surface area contributed by atoms with Crippen LogP contribution in [0.2, 0.25) is 5.15 Å². The number of unbranched alkanes of at least 4 members (excludes halogenated alkanes) is 1. The third kappa shape index (κ3) is 11.6. The zero-order valence-electron chi connectivity index (χ0n) is 32.8. The van der Waals surface area contributed by atoms with Crippen molar-refractivity contribution in [3.63, 3.8) is 0 Å². The fourth-order valence-corrected chi connectivity index (χ4v) is 7.09. The van der Waals surface area contributed by atoms with Gasteiger partial charge in [-0.25, -0.2) is 14.6 Å². The van der Waals surface area contributed by atoms with Gasteiger partial charge in [-0.05, 0) is 41.2 Å². The number of hydrogen-bond donors (Lipinski definition) is 1. The molecule has 2 unspecified atom stereocenters. The Labute approximate surface area is 351 Å². The maximum atomic E-state index is 13.6. The molecule has 2 fully saturated rings. The molecule has 6 atom stereocenters. The van der Waals surface area contributed by atoms with E-state index in [-0.39, 0.29) is 49.9 Å². The number of halogens is 1. The summed E-state index contributed by atoms with van der Waals surface area (Å²) in [6.45, 7) is 2.69. The highest BCUT2D eigenvalue weighted by Crippen LogP contribution is 2.32. The predicted molar refractivity (Wildman–Crippen MR) is 204 cm³/mol. The number of fused-ring (bicyclic) bond motifs is 1. The lowest BCUT2D eigenvalue weighted by molar-refractivity contribution is -0.790. The molecule has 0 spiro atoms. The van der Waals surface area contributed by atoms with Gasteiger partial charge in [0, 0.05) is 31.9 Å². The van der Waals surface area contributed by atoms with Crippen molar-refractivity contribution >= 4 is 29.7 Å². The largest absolute Gasteiger partial charge is 0.511 e. The molecule has 2 aliphatic rings. The number of carbonyl (C=O) groups is 3. The molecule has 4 heterocycles. The first-order chi connectivity index (χ1) is 29.4. The van der Waals surface area contributed by atoms with Crippen LogP contribution in [0.3, 0.4) is 0 Å². The Hall–Kier alpha value is -6.46. The second kappa shape index (κ2) is 20.7. The third-order valence-corrected chi connectivity index (χ3v) is 9.87. The Balaban J connectivity index is 1.01. The molecular weight excluding hydrogens is 832 g/mol. The quantitative estimate of drug-likeness (QED) is 0.0397. The molecule has 326 valence electrons. The molecule has 2 aromatic heterocycles. The molecule has 24 heteroatoms. The van der Waals surface area contributed by atoms with Gasteiger partial charge in [0.1, 0.15) is 30.7 Å². The summed E-state index contributed by atoms with van der Waals surface area (Å²) in [5.41, 5.74) is 3.43. The van der Waals surface area contributed by atoms with E-state index in [2.05, 4.69) is 35.3 Å². The van der Waals surface area contributed by atoms with Gasteiger partial charge in [-0.2, -0.15) is 5.21 Å². The van der Waals surface area contributed by atoms with Crippen LogP contribution in [-0.2, 0) is 55.9 Å². The number of benzene rings is 2. The Kier molecular flexibility index (Phi) is 15.0. The molecule has 6 rings (SSSR count). The summed E-state index contributed by atoms with van der Waals surface area (Å²) in [5, 5.41) is 33.2. The maximum absolute atomic E-state index is 13.6. The number of hydrogen-bond acceptors (Lipinski definition) is 19. The molecule has 0 radical (unpaired) electrons. The molecule has 0 aliphatic carbocycles. The number of aromatic amines is 1. The highest BCUT2D eigenvalue weighted by Gasteiger charge is 2.51. The van der Waals surface area contributed by atoms with Crippen LogP contribution in [-0.4, -0.2) is 115 Å². The van der Waals surface area contributed by atoms with E-state index >= 15 is 0 Å². The molecule has 0 saturated carbocycles. The number of aromatic nitrogens is 6. The predicted octanol–water partition coefficient (Wildman–Crippen LogP) is 4.46. The number of H-pyrrole nitrogens is 1. The Morgan fingerprint density at radius 1 is 0.967 bits per heavy atom. The van der Waals surface area contributed by atoms with E-state index in [1.165, 1.54) is 6.92 Å². The topological polar surface area (TPSA) is 284 Å². The molecule has 1 N–H and O–H groups in total. The van der Waals surface area contributed by atoms with E-state index in [0.29, 0.717) is 18.1 Å². The van der Waals surface area contributed by atoms with Gasteiger partial charge in [0.25, 0.3) is 10.2 Å². The van der Waals surface area contributed by atoms with Crippen LogP contribution in [0.15, 0.2) is 48.5 Å². The van der Waals surface area contributed by atoms with Crippen LogP contribution in [0.4, 0.5) is 4.79 Å². The van der Waals surface area contributed by atoms with Crippen molar-refractivity contribution in [3.8, 4) is 22.5 Å². The van der Waals surface area contributed by atoms with Crippen molar-refractivity contribution in [1.82, 2.24) is 30.2 Å². The summed E-state index contributed by atoms with van der Waals surface area (Å²) < 4.78 is 34.7. The molecule has 2 aliphatic heterocycles. The molecule has 0 amide bonds. The van der Waals surface area contributed by atoms with Crippen LogP contribution in [0, 0.1) is 20.2 Å². The number of esters is 2. The Morgan fingerprint density at radius 3 is 2.33 bits per heavy atom. The number of nitrogens with one attached hydrogen (secondary N) is 1. The number of aryl methyl sites for hydroxylation is 1. The number of ether oxygens (including phenoxy) is 6. The van der Waals surface area contributed by atoms with Gasteiger partial charge in [-0.15, -0.1) is 30.4 Å². The Morgan fingerprint density at radius 2 is 1.67 bits per heavy atom. The smallest absolute Gasteiger partial charge is 0.457 e. The van der Waals surface area contributed by atoms with Crippen molar-refractivity contribution in [1.29, 1.82) is 0 Å². The number of nitrogens with zero attached hydrogens (tertiary/aromatic N) is 7. The van der Waals surface area contributed by atoms with Gasteiger partial charge in [-0.3, -0.25) is 4.79 Å². The van der Waals surface area contributed by atoms with E-state index in [4.69, 9.17) is 40.0 Å². The van der Waals surface area contributed by atoms with E-state index in [1.54, 1.807) is 4.57 Å². The van der Waals surface area contributed by atoms with Crippen LogP contribution in [0.25, 0.3) is 22.5 Å². The van der Waals surface area contributed by atoms with Crippen LogP contribution in [0.5, 0.6) is 0 Å². The van der Waals surface area contributed by atoms with Crippen molar-refractivity contribution in [2.24, 2.45) is 0 Å². The maximum Gasteiger partial charge on any atom is 0.511 e. The van der Waals surface area contributed by atoms with Gasteiger partial charge in [0.2, 0.25) is 12.1 Å². The van der Waals surface area contributed by atoms with Gasteiger partial charge in [0.05, 0.1) is 13.2 Å². The van der Waals surface area contributed by atoms with Crippen molar-refractivity contribution in [3.05, 3.63) is 91.0 Å². The average molecular weight is 873 g/mol. The summed E-state index contributed by atoms with van der Waals surface area (Å²) in [5.74, 6) is -0.541. The molecule has 61 heavy (non-hydrogen) atoms. The molecule has 0 bridgehead atoms. The van der Waals surface area contributed by atoms with E-state index in [0.717, 1.165) is 35.1 Å². The number of tetrazole rings is 1. The van der Waals surface area contributed by atoms with Gasteiger partial charge in [0.15, 0.2) is 23.1 Å². The zero-order chi connectivity index (χ0) is 43.5. The second-order valence-electron chi connectivity index (χ2n) is 13.8. The normalized spacial score (nSPS) is 19.0. The lowest BCUT2D eigenvalue weighted by Gasteiger charge is -2.19. The fourth-order valence-electron chi connectivity index (χ4n) is 6.82. The molecular formula is C37H41ClN8O15. The van der Waals surface area contributed by atoms with Crippen LogP contribution >= 0.6 is 11.6 Å². The minimum atomic E-state index is -1.42. The van der Waals surface area contributed by atoms with E-state index in [9.17, 15) is 34.6 Å². The van der Waals surface area contributed by atoms with E-state index in [1.807, 2.05) is 55.5 Å². The summed E-state index contributed by atoms with van der Waals surface area (Å²) >= 11 is 6.54. The second-order valence-corrected chi connectivity index (χ2v) is 14.2. The number of rotatable bonds is 21. The van der Waals surface area contributed by atoms with Crippen molar-refractivity contribution in [2.45, 2.75) is 95.7 Å². The van der Waals surface area contributed by atoms with E-state index < -0.39 is 71.7 Å². The molecule has 2 saturated heterocycles. The first kappa shape index (κ1) is 44.1. The molecule has 4 aromatic rings. The van der Waals surface area contributed by atoms with Gasteiger partial charge >= 0.3 is 18.1 Å². The fraction of sp³-hybridized carbons (Fsp3) is 0.486. The lowest BCUT2D eigenvalue weighted by Crippen LogP contribution is -2.36. The third-order valence-electron chi connectivity index (χ3n) is 9.61. The SMILES string of the molecule is CCCCc1nc(Cl)c(C(=O)OC(C)OC(=O)O[C@@H]2CO[C@@H]3[C@@H]2OC[C@H]3OC(=O)CCCC(CO[N+](=O)[O-])O[N+](=O)[O-])n1Cc1ccc(-c2ccccc2-c2nn[nH]n2)cc1. The van der Waals surface area contributed by atoms with Crippen molar-refractivity contribution in [2.75, 3.05) is 19.8 Å². The minimum Gasteiger partial charge on any atom is -0.457 e. The first-order valence-corrected chi connectivity index (χ1v) is 19.5. The van der Waals surface area contributed by atoms with Crippen LogP contribution in [0.1, 0.15) is 67.8 Å². The summed E-state index contributed by atoms with van der Waals surface area (Å²) in [4.78, 5) is 73.0. The number of imidazole rings is 1. The monoisotopic (exact) mass is 872 g/mol. The first-order valence-electron chi connectivity index (χ1n) is 19.2. The van der Waals surface area contributed by atoms with Crippen LogP contribution < -0.4 is 0 Å². The zero-order valence-corrected chi connectivity index (χ0v) is 33.5. The number of carbonyl (C=O) groups excluding carboxylic acids is 3. The van der Waals surface area contributed by atoms with Gasteiger partial charge in [-0.1, -0.05) is 73.5 Å². The Bertz CT molecular complexity index is 2160. The molecule has 23 nitrogen and oxygen atoms in total. The average Bonchev–Trinajstić information content (AvgIpc) is 4.03. The summed E-state index contributed by atoms with van der Waals surface area (Å²) in [7, 11) is 0. The highest BCUT2D eigenvalue weighted by atomic mass is 35.5. The standard InChI is InChI=1S/C37H41ClN8O15/c1-3-4-11-29-39-34(38)31(44(29)17-22-13-15-23(16-14-22)25-9-5-6-10-26(25)35-40-42-43-41-35)36(48)57-21(2)58-37(49)60-28-20-55-32-27(19-54-33(28)32)59-30(47)12-7-8-24(61-46(52)53)18-56-45(50)51/h5-6,9-10,13-16,21,24,27-28,32-33H,3-4,7-8,11-12,17-20H2,1-2H3,(H,40,41,42,43)/t21?,24?,27-,28-,32+,33-/m1/s1.